The molecule has 0 saturated heterocycles. The third kappa shape index (κ3) is 4.41. The van der Waals surface area contributed by atoms with Gasteiger partial charge in [-0.15, -0.1) is 0 Å². The van der Waals surface area contributed by atoms with Gasteiger partial charge in [-0.3, -0.25) is 4.79 Å². The van der Waals surface area contributed by atoms with E-state index in [4.69, 9.17) is 4.74 Å². The van der Waals surface area contributed by atoms with E-state index < -0.39 is 11.5 Å². The lowest BCUT2D eigenvalue weighted by atomic mass is 9.84. The van der Waals surface area contributed by atoms with Crippen LogP contribution >= 0.6 is 0 Å². The van der Waals surface area contributed by atoms with Gasteiger partial charge in [0.2, 0.25) is 0 Å². The Morgan fingerprint density at radius 2 is 1.36 bits per heavy atom. The summed E-state index contributed by atoms with van der Waals surface area (Å²) in [6.07, 6.45) is 0. The number of para-hydroxylation sites is 1. The minimum Gasteiger partial charge on any atom is -0.492 e. The summed E-state index contributed by atoms with van der Waals surface area (Å²) in [5.74, 6) is 0.265. The maximum Gasteiger partial charge on any atom is 0.261 e. The van der Waals surface area contributed by atoms with Crippen LogP contribution in [-0.2, 0) is 10.4 Å². The van der Waals surface area contributed by atoms with E-state index in [1.165, 1.54) is 0 Å². The zero-order valence-corrected chi connectivity index (χ0v) is 16.2. The van der Waals surface area contributed by atoms with Crippen LogP contribution in [-0.4, -0.2) is 24.2 Å². The van der Waals surface area contributed by atoms with E-state index in [0.717, 1.165) is 16.9 Å². The number of aryl methyl sites for hydroxylation is 2. The molecule has 3 aromatic carbocycles. The topological polar surface area (TPSA) is 58.6 Å². The molecule has 0 unspecified atom stereocenters. The molecule has 0 spiro atoms. The molecule has 0 radical (unpaired) electrons. The lowest BCUT2D eigenvalue weighted by Crippen LogP contribution is -2.46. The first-order chi connectivity index (χ1) is 13.5. The molecular weight excluding hydrogens is 350 g/mol. The number of hydrogen-bond acceptors (Lipinski definition) is 3. The van der Waals surface area contributed by atoms with Crippen molar-refractivity contribution in [2.75, 3.05) is 13.2 Å². The van der Waals surface area contributed by atoms with Crippen molar-refractivity contribution < 1.29 is 14.6 Å². The molecule has 3 aromatic rings. The Kier molecular flexibility index (Phi) is 6.12. The normalized spacial score (nSPS) is 11.1. The average Bonchev–Trinajstić information content (AvgIpc) is 2.72. The lowest BCUT2D eigenvalue weighted by Gasteiger charge is -2.28. The summed E-state index contributed by atoms with van der Waals surface area (Å²) in [6.45, 7) is 4.53. The van der Waals surface area contributed by atoms with Gasteiger partial charge in [0, 0.05) is 0 Å². The maximum absolute atomic E-state index is 13.0. The van der Waals surface area contributed by atoms with E-state index in [9.17, 15) is 9.90 Å². The highest BCUT2D eigenvalue weighted by atomic mass is 16.5. The number of amides is 1. The van der Waals surface area contributed by atoms with Crippen molar-refractivity contribution in [3.8, 4) is 5.75 Å². The van der Waals surface area contributed by atoms with E-state index in [-0.39, 0.29) is 6.54 Å². The Morgan fingerprint density at radius 1 is 0.857 bits per heavy atom. The van der Waals surface area contributed by atoms with Crippen LogP contribution in [0.15, 0.2) is 78.9 Å². The minimum atomic E-state index is -1.77. The summed E-state index contributed by atoms with van der Waals surface area (Å²) in [7, 11) is 0. The molecule has 144 valence electrons. The molecule has 4 heteroatoms. The fourth-order valence-corrected chi connectivity index (χ4v) is 3.00. The standard InChI is InChI=1S/C24H25NO3/c1-18-8-12-20(13-9-18)24(27,21-14-10-19(2)11-15-21)23(26)25-16-17-28-22-6-4-3-5-7-22/h3-15,27H,16-17H2,1-2H3,(H,25,26). The van der Waals surface area contributed by atoms with Gasteiger partial charge in [-0.25, -0.2) is 0 Å². The highest BCUT2D eigenvalue weighted by molar-refractivity contribution is 5.90. The Morgan fingerprint density at radius 3 is 1.86 bits per heavy atom. The molecule has 0 fully saturated rings. The van der Waals surface area contributed by atoms with Crippen LogP contribution in [0.5, 0.6) is 5.75 Å². The molecule has 0 aliphatic carbocycles. The second-order valence-electron chi connectivity index (χ2n) is 6.86. The molecule has 0 aromatic heterocycles. The van der Waals surface area contributed by atoms with E-state index >= 15 is 0 Å². The van der Waals surface area contributed by atoms with Crippen LogP contribution in [0.4, 0.5) is 0 Å². The van der Waals surface area contributed by atoms with Crippen molar-refractivity contribution in [2.45, 2.75) is 19.4 Å². The summed E-state index contributed by atoms with van der Waals surface area (Å²) in [5.41, 5.74) is 1.42. The molecule has 0 aliphatic heterocycles. The van der Waals surface area contributed by atoms with Crippen LogP contribution in [0, 0.1) is 13.8 Å². The third-order valence-electron chi connectivity index (χ3n) is 4.67. The number of carbonyl (C=O) groups excluding carboxylic acids is 1. The van der Waals surface area contributed by atoms with Gasteiger partial charge in [-0.2, -0.15) is 0 Å². The maximum atomic E-state index is 13.0. The Balaban J connectivity index is 1.77. The summed E-state index contributed by atoms with van der Waals surface area (Å²) >= 11 is 0. The predicted molar refractivity (Wildman–Crippen MR) is 110 cm³/mol. The highest BCUT2D eigenvalue weighted by Crippen LogP contribution is 2.30. The van der Waals surface area contributed by atoms with Crippen LogP contribution in [0.1, 0.15) is 22.3 Å². The summed E-state index contributed by atoms with van der Waals surface area (Å²) in [5, 5.41) is 14.3. The molecule has 4 nitrogen and oxygen atoms in total. The van der Waals surface area contributed by atoms with E-state index in [0.29, 0.717) is 17.7 Å². The first-order valence-corrected chi connectivity index (χ1v) is 9.33. The van der Waals surface area contributed by atoms with Gasteiger partial charge in [0.25, 0.3) is 5.91 Å². The fourth-order valence-electron chi connectivity index (χ4n) is 3.00. The molecule has 0 saturated carbocycles. The predicted octanol–water partition coefficient (Wildman–Crippen LogP) is 3.73. The largest absolute Gasteiger partial charge is 0.492 e. The molecule has 0 bridgehead atoms. The van der Waals surface area contributed by atoms with Gasteiger partial charge in [0.15, 0.2) is 5.60 Å². The highest BCUT2D eigenvalue weighted by Gasteiger charge is 2.39. The molecule has 2 N–H and O–H groups in total. The number of ether oxygens (including phenoxy) is 1. The quantitative estimate of drug-likeness (QED) is 0.619. The summed E-state index contributed by atoms with van der Waals surface area (Å²) in [4.78, 5) is 13.0. The van der Waals surface area contributed by atoms with Gasteiger partial charge in [-0.1, -0.05) is 77.9 Å². The monoisotopic (exact) mass is 375 g/mol. The third-order valence-corrected chi connectivity index (χ3v) is 4.67. The summed E-state index contributed by atoms with van der Waals surface area (Å²) in [6, 6.07) is 24.1. The molecule has 0 atom stereocenters. The number of rotatable bonds is 7. The van der Waals surface area contributed by atoms with Gasteiger partial charge in [-0.05, 0) is 37.1 Å². The van der Waals surface area contributed by atoms with Crippen LogP contribution < -0.4 is 10.1 Å². The van der Waals surface area contributed by atoms with Crippen molar-refractivity contribution in [1.29, 1.82) is 0 Å². The number of nitrogens with one attached hydrogen (secondary N) is 1. The van der Waals surface area contributed by atoms with Gasteiger partial charge < -0.3 is 15.2 Å². The van der Waals surface area contributed by atoms with E-state index in [2.05, 4.69) is 5.32 Å². The minimum absolute atomic E-state index is 0.285. The van der Waals surface area contributed by atoms with Crippen molar-refractivity contribution >= 4 is 5.91 Å². The Hall–Kier alpha value is -3.11. The molecule has 0 aliphatic rings. The number of aliphatic hydroxyl groups is 1. The number of hydrogen-bond donors (Lipinski definition) is 2. The van der Waals surface area contributed by atoms with Crippen molar-refractivity contribution in [1.82, 2.24) is 5.32 Å². The lowest BCUT2D eigenvalue weighted by molar-refractivity contribution is -0.136. The molecule has 3 rings (SSSR count). The molecule has 0 heterocycles. The van der Waals surface area contributed by atoms with E-state index in [1.807, 2.05) is 68.4 Å². The fraction of sp³-hybridized carbons (Fsp3) is 0.208. The molecular formula is C24H25NO3. The van der Waals surface area contributed by atoms with Crippen molar-refractivity contribution in [3.05, 3.63) is 101 Å². The Bertz CT molecular complexity index is 857. The van der Waals surface area contributed by atoms with Gasteiger partial charge in [0.05, 0.1) is 6.54 Å². The van der Waals surface area contributed by atoms with Crippen molar-refractivity contribution in [2.24, 2.45) is 0 Å². The van der Waals surface area contributed by atoms with Crippen LogP contribution in [0.25, 0.3) is 0 Å². The second kappa shape index (κ2) is 8.72. The molecule has 1 amide bonds. The van der Waals surface area contributed by atoms with Crippen LogP contribution in [0.2, 0.25) is 0 Å². The molecule has 28 heavy (non-hydrogen) atoms. The SMILES string of the molecule is Cc1ccc(C(O)(C(=O)NCCOc2ccccc2)c2ccc(C)cc2)cc1. The first kappa shape index (κ1) is 19.6. The van der Waals surface area contributed by atoms with E-state index in [1.54, 1.807) is 24.3 Å². The van der Waals surface area contributed by atoms with Crippen molar-refractivity contribution in [3.63, 3.8) is 0 Å². The second-order valence-corrected chi connectivity index (χ2v) is 6.86. The number of benzene rings is 3. The smallest absolute Gasteiger partial charge is 0.261 e. The average molecular weight is 375 g/mol. The van der Waals surface area contributed by atoms with Crippen LogP contribution in [0.3, 0.4) is 0 Å². The Labute approximate surface area is 165 Å². The van der Waals surface area contributed by atoms with Gasteiger partial charge >= 0.3 is 0 Å². The zero-order chi connectivity index (χ0) is 20.0. The summed E-state index contributed by atoms with van der Waals surface area (Å²) < 4.78 is 5.62. The van der Waals surface area contributed by atoms with Gasteiger partial charge in [0.1, 0.15) is 12.4 Å². The zero-order valence-electron chi connectivity index (χ0n) is 16.2. The first-order valence-electron chi connectivity index (χ1n) is 9.33. The number of carbonyl (C=O) groups is 1.